The number of fused-ring (bicyclic) bond motifs is 1. The Morgan fingerprint density at radius 2 is 2.15 bits per heavy atom. The van der Waals surface area contributed by atoms with Crippen molar-refractivity contribution in [1.29, 1.82) is 0 Å². The van der Waals surface area contributed by atoms with Crippen molar-refractivity contribution in [3.63, 3.8) is 0 Å². The van der Waals surface area contributed by atoms with Crippen LogP contribution in [0.15, 0.2) is 41.6 Å². The van der Waals surface area contributed by atoms with Gasteiger partial charge in [0.2, 0.25) is 10.0 Å². The minimum Gasteiger partial charge on any atom is -0.316 e. The second-order valence-corrected chi connectivity index (χ2v) is 6.96. The third-order valence-electron chi connectivity index (χ3n) is 3.81. The zero-order valence-corrected chi connectivity index (χ0v) is 12.1. The molecular formula is C14H17N3O2S. The molecular weight excluding hydrogens is 274 g/mol. The Labute approximate surface area is 118 Å². The highest BCUT2D eigenvalue weighted by atomic mass is 32.2. The molecule has 0 saturated carbocycles. The van der Waals surface area contributed by atoms with E-state index in [1.54, 1.807) is 34.9 Å². The number of sulfonamides is 1. The van der Waals surface area contributed by atoms with Gasteiger partial charge in [0, 0.05) is 36.9 Å². The molecule has 1 aromatic heterocycles. The van der Waals surface area contributed by atoms with Gasteiger partial charge >= 0.3 is 0 Å². The number of nitrogens with one attached hydrogen (secondary N) is 1. The summed E-state index contributed by atoms with van der Waals surface area (Å²) in [5.41, 5.74) is 0. The predicted octanol–water partition coefficient (Wildman–Crippen LogP) is 1.22. The van der Waals surface area contributed by atoms with Gasteiger partial charge < -0.3 is 5.32 Å². The van der Waals surface area contributed by atoms with Crippen molar-refractivity contribution >= 4 is 20.8 Å². The highest BCUT2D eigenvalue weighted by Crippen LogP contribution is 2.24. The van der Waals surface area contributed by atoms with Gasteiger partial charge in [0.25, 0.3) is 0 Å². The SMILES string of the molecule is CNC1CCN(S(=O)(=O)c2ccc3cnccc3c2)C1. The first-order valence-electron chi connectivity index (χ1n) is 6.62. The fourth-order valence-corrected chi connectivity index (χ4v) is 4.09. The molecule has 5 nitrogen and oxygen atoms in total. The van der Waals surface area contributed by atoms with Crippen molar-refractivity contribution in [2.75, 3.05) is 20.1 Å². The van der Waals surface area contributed by atoms with E-state index in [-0.39, 0.29) is 6.04 Å². The van der Waals surface area contributed by atoms with Crippen molar-refractivity contribution in [2.45, 2.75) is 17.4 Å². The third kappa shape index (κ3) is 2.30. The molecule has 1 fully saturated rings. The lowest BCUT2D eigenvalue weighted by Gasteiger charge is -2.16. The summed E-state index contributed by atoms with van der Waals surface area (Å²) in [6, 6.07) is 7.26. The van der Waals surface area contributed by atoms with Crippen LogP contribution in [0.25, 0.3) is 10.8 Å². The van der Waals surface area contributed by atoms with Crippen LogP contribution in [-0.2, 0) is 10.0 Å². The predicted molar refractivity (Wildman–Crippen MR) is 78.0 cm³/mol. The van der Waals surface area contributed by atoms with E-state index in [2.05, 4.69) is 10.3 Å². The summed E-state index contributed by atoms with van der Waals surface area (Å²) < 4.78 is 26.8. The van der Waals surface area contributed by atoms with Gasteiger partial charge in [-0.2, -0.15) is 4.31 Å². The minimum atomic E-state index is -3.40. The molecule has 0 aliphatic carbocycles. The van der Waals surface area contributed by atoms with Gasteiger partial charge in [-0.1, -0.05) is 6.07 Å². The van der Waals surface area contributed by atoms with Crippen LogP contribution in [0.3, 0.4) is 0 Å². The van der Waals surface area contributed by atoms with Crippen molar-refractivity contribution in [2.24, 2.45) is 0 Å². The molecule has 2 aromatic rings. The lowest BCUT2D eigenvalue weighted by atomic mass is 10.2. The maximum absolute atomic E-state index is 12.6. The second-order valence-electron chi connectivity index (χ2n) is 5.02. The molecule has 106 valence electrons. The fraction of sp³-hybridized carbons (Fsp3) is 0.357. The molecule has 1 N–H and O–H groups in total. The summed E-state index contributed by atoms with van der Waals surface area (Å²) in [4.78, 5) is 4.39. The molecule has 1 aliphatic rings. The third-order valence-corrected chi connectivity index (χ3v) is 5.67. The molecule has 20 heavy (non-hydrogen) atoms. The van der Waals surface area contributed by atoms with E-state index in [1.165, 1.54) is 0 Å². The highest BCUT2D eigenvalue weighted by Gasteiger charge is 2.31. The van der Waals surface area contributed by atoms with Gasteiger partial charge in [-0.3, -0.25) is 4.98 Å². The largest absolute Gasteiger partial charge is 0.316 e. The van der Waals surface area contributed by atoms with E-state index in [1.807, 2.05) is 13.1 Å². The number of nitrogens with zero attached hydrogens (tertiary/aromatic N) is 2. The van der Waals surface area contributed by atoms with Crippen LogP contribution >= 0.6 is 0 Å². The summed E-state index contributed by atoms with van der Waals surface area (Å²) in [5.74, 6) is 0. The van der Waals surface area contributed by atoms with Crippen molar-refractivity contribution in [3.8, 4) is 0 Å². The smallest absolute Gasteiger partial charge is 0.243 e. The van der Waals surface area contributed by atoms with Crippen LogP contribution in [0.5, 0.6) is 0 Å². The standard InChI is InChI=1S/C14H17N3O2S/c1-15-13-5-7-17(10-13)20(18,19)14-3-2-12-9-16-6-4-11(12)8-14/h2-4,6,8-9,13,15H,5,7,10H2,1H3. The number of rotatable bonds is 3. The molecule has 1 unspecified atom stereocenters. The first kappa shape index (κ1) is 13.5. The van der Waals surface area contributed by atoms with E-state index >= 15 is 0 Å². The topological polar surface area (TPSA) is 62.3 Å². The summed E-state index contributed by atoms with van der Waals surface area (Å²) in [7, 11) is -1.54. The molecule has 1 aliphatic heterocycles. The Balaban J connectivity index is 1.97. The number of hydrogen-bond donors (Lipinski definition) is 1. The van der Waals surface area contributed by atoms with E-state index in [0.29, 0.717) is 18.0 Å². The van der Waals surface area contributed by atoms with Crippen LogP contribution in [-0.4, -0.2) is 43.9 Å². The van der Waals surface area contributed by atoms with Crippen molar-refractivity contribution in [1.82, 2.24) is 14.6 Å². The quantitative estimate of drug-likeness (QED) is 0.923. The minimum absolute atomic E-state index is 0.245. The van der Waals surface area contributed by atoms with Gasteiger partial charge in [-0.15, -0.1) is 0 Å². The fourth-order valence-electron chi connectivity index (χ4n) is 2.55. The van der Waals surface area contributed by atoms with Gasteiger partial charge in [0.1, 0.15) is 0 Å². The average molecular weight is 291 g/mol. The second kappa shape index (κ2) is 5.12. The van der Waals surface area contributed by atoms with Gasteiger partial charge in [0.15, 0.2) is 0 Å². The van der Waals surface area contributed by atoms with Crippen LogP contribution in [0.4, 0.5) is 0 Å². The molecule has 1 aromatic carbocycles. The Kier molecular flexibility index (Phi) is 3.45. The molecule has 1 saturated heterocycles. The van der Waals surface area contributed by atoms with E-state index < -0.39 is 10.0 Å². The Bertz CT molecular complexity index is 730. The van der Waals surface area contributed by atoms with Gasteiger partial charge in [-0.05, 0) is 37.1 Å². The van der Waals surface area contributed by atoms with Crippen LogP contribution < -0.4 is 5.32 Å². The molecule has 2 heterocycles. The lowest BCUT2D eigenvalue weighted by molar-refractivity contribution is 0.464. The molecule has 0 amide bonds. The lowest BCUT2D eigenvalue weighted by Crippen LogP contribution is -2.33. The Morgan fingerprint density at radius 3 is 2.90 bits per heavy atom. The molecule has 0 radical (unpaired) electrons. The molecule has 3 rings (SSSR count). The number of pyridine rings is 1. The summed E-state index contributed by atoms with van der Waals surface area (Å²) in [6.07, 6.45) is 4.26. The monoisotopic (exact) mass is 291 g/mol. The maximum Gasteiger partial charge on any atom is 0.243 e. The number of hydrogen-bond acceptors (Lipinski definition) is 4. The highest BCUT2D eigenvalue weighted by molar-refractivity contribution is 7.89. The van der Waals surface area contributed by atoms with Crippen LogP contribution in [0.1, 0.15) is 6.42 Å². The van der Waals surface area contributed by atoms with Crippen LogP contribution in [0.2, 0.25) is 0 Å². The summed E-state index contributed by atoms with van der Waals surface area (Å²) in [6.45, 7) is 1.11. The zero-order valence-electron chi connectivity index (χ0n) is 11.3. The molecule has 1 atom stereocenters. The van der Waals surface area contributed by atoms with E-state index in [0.717, 1.165) is 17.2 Å². The van der Waals surface area contributed by atoms with Crippen LogP contribution in [0, 0.1) is 0 Å². The Morgan fingerprint density at radius 1 is 1.30 bits per heavy atom. The maximum atomic E-state index is 12.6. The van der Waals surface area contributed by atoms with Gasteiger partial charge in [-0.25, -0.2) is 8.42 Å². The van der Waals surface area contributed by atoms with Gasteiger partial charge in [0.05, 0.1) is 4.90 Å². The average Bonchev–Trinajstić information content (AvgIpc) is 2.96. The molecule has 6 heteroatoms. The van der Waals surface area contributed by atoms with E-state index in [9.17, 15) is 8.42 Å². The van der Waals surface area contributed by atoms with E-state index in [4.69, 9.17) is 0 Å². The Hall–Kier alpha value is -1.50. The number of benzene rings is 1. The summed E-state index contributed by atoms with van der Waals surface area (Å²) >= 11 is 0. The van der Waals surface area contributed by atoms with Crippen molar-refractivity contribution < 1.29 is 8.42 Å². The normalized spacial score (nSPS) is 20.6. The number of aromatic nitrogens is 1. The first-order valence-corrected chi connectivity index (χ1v) is 8.06. The first-order chi connectivity index (χ1) is 9.61. The van der Waals surface area contributed by atoms with Crippen molar-refractivity contribution in [3.05, 3.63) is 36.7 Å². The molecule has 0 spiro atoms. The zero-order chi connectivity index (χ0) is 14.2. The number of likely N-dealkylation sites (N-methyl/N-ethyl adjacent to an activating group) is 1. The molecule has 0 bridgehead atoms. The summed E-state index contributed by atoms with van der Waals surface area (Å²) in [5, 5.41) is 4.97.